The molecule has 1 N–H and O–H groups in total. The highest BCUT2D eigenvalue weighted by Crippen LogP contribution is 2.27. The number of aliphatic hydroxyl groups is 1. The molecule has 0 aliphatic rings. The molecule has 2 rings (SSSR count). The number of hydrogen-bond donors (Lipinski definition) is 1. The van der Waals surface area contributed by atoms with Gasteiger partial charge in [-0.15, -0.1) is 5.10 Å². The van der Waals surface area contributed by atoms with Crippen molar-refractivity contribution in [1.29, 1.82) is 0 Å². The largest absolute Gasteiger partial charge is 0.497 e. The predicted octanol–water partition coefficient (Wildman–Crippen LogP) is 0.777. The summed E-state index contributed by atoms with van der Waals surface area (Å²) in [7, 11) is 3.16. The van der Waals surface area contributed by atoms with E-state index in [4.69, 9.17) is 14.6 Å². The van der Waals surface area contributed by atoms with Gasteiger partial charge in [-0.2, -0.15) is 0 Å². The highest BCUT2D eigenvalue weighted by molar-refractivity contribution is 5.50. The van der Waals surface area contributed by atoms with E-state index in [1.807, 2.05) is 6.07 Å². The summed E-state index contributed by atoms with van der Waals surface area (Å²) in [5, 5.41) is 16.7. The zero-order valence-electron chi connectivity index (χ0n) is 9.62. The molecule has 1 heterocycles. The number of aliphatic hydroxyl groups excluding tert-OH is 1. The van der Waals surface area contributed by atoms with Crippen molar-refractivity contribution >= 4 is 0 Å². The first kappa shape index (κ1) is 11.4. The lowest BCUT2D eigenvalue weighted by atomic mass is 10.2. The third kappa shape index (κ3) is 2.21. The van der Waals surface area contributed by atoms with Gasteiger partial charge in [-0.3, -0.25) is 0 Å². The van der Waals surface area contributed by atoms with Crippen molar-refractivity contribution in [3.63, 3.8) is 0 Å². The Morgan fingerprint density at radius 3 is 2.71 bits per heavy atom. The second kappa shape index (κ2) is 4.84. The molecule has 0 atom stereocenters. The minimum absolute atomic E-state index is 0.140. The highest BCUT2D eigenvalue weighted by Gasteiger charge is 2.09. The molecule has 0 saturated heterocycles. The van der Waals surface area contributed by atoms with E-state index < -0.39 is 0 Å². The molecule has 2 aromatic rings. The van der Waals surface area contributed by atoms with Gasteiger partial charge in [-0.05, 0) is 12.1 Å². The molecule has 90 valence electrons. The minimum atomic E-state index is -0.140. The van der Waals surface area contributed by atoms with Gasteiger partial charge in [-0.25, -0.2) is 4.68 Å². The summed E-state index contributed by atoms with van der Waals surface area (Å²) in [6, 6.07) is 5.38. The molecule has 0 amide bonds. The number of nitrogens with zero attached hydrogens (tertiary/aromatic N) is 3. The molecule has 0 aliphatic carbocycles. The average Bonchev–Trinajstić information content (AvgIpc) is 2.86. The third-order valence-corrected chi connectivity index (χ3v) is 2.34. The van der Waals surface area contributed by atoms with Crippen molar-refractivity contribution in [3.05, 3.63) is 30.1 Å². The quantitative estimate of drug-likeness (QED) is 0.848. The summed E-state index contributed by atoms with van der Waals surface area (Å²) in [5.74, 6) is 1.33. The first-order valence-electron chi connectivity index (χ1n) is 5.03. The maximum Gasteiger partial charge on any atom is 0.148 e. The van der Waals surface area contributed by atoms with E-state index in [9.17, 15) is 0 Å². The van der Waals surface area contributed by atoms with E-state index >= 15 is 0 Å². The first-order chi connectivity index (χ1) is 8.28. The number of aromatic nitrogens is 3. The van der Waals surface area contributed by atoms with Crippen LogP contribution in [0.1, 0.15) is 5.69 Å². The zero-order valence-corrected chi connectivity index (χ0v) is 9.62. The Balaban J connectivity index is 2.43. The fourth-order valence-electron chi connectivity index (χ4n) is 1.46. The first-order valence-corrected chi connectivity index (χ1v) is 5.03. The minimum Gasteiger partial charge on any atom is -0.497 e. The van der Waals surface area contributed by atoms with Gasteiger partial charge in [0, 0.05) is 6.07 Å². The predicted molar refractivity (Wildman–Crippen MR) is 60.4 cm³/mol. The van der Waals surface area contributed by atoms with Crippen LogP contribution in [0.25, 0.3) is 5.69 Å². The van der Waals surface area contributed by atoms with E-state index in [1.165, 1.54) is 0 Å². The van der Waals surface area contributed by atoms with Crippen LogP contribution in [0.15, 0.2) is 24.4 Å². The van der Waals surface area contributed by atoms with Crippen molar-refractivity contribution in [2.45, 2.75) is 6.61 Å². The van der Waals surface area contributed by atoms with E-state index in [-0.39, 0.29) is 6.61 Å². The SMILES string of the molecule is COc1ccc(-n2cc(CO)nn2)c(OC)c1. The standard InChI is InChI=1S/C11H13N3O3/c1-16-9-3-4-10(11(5-9)17-2)14-6-8(7-15)12-13-14/h3-6,15H,7H2,1-2H3. The fraction of sp³-hybridized carbons (Fsp3) is 0.273. The van der Waals surface area contributed by atoms with Gasteiger partial charge in [0.05, 0.1) is 27.0 Å². The Kier molecular flexibility index (Phi) is 3.24. The van der Waals surface area contributed by atoms with Crippen LogP contribution in [-0.2, 0) is 6.61 Å². The Morgan fingerprint density at radius 1 is 1.29 bits per heavy atom. The van der Waals surface area contributed by atoms with Crippen molar-refractivity contribution < 1.29 is 14.6 Å². The summed E-state index contributed by atoms with van der Waals surface area (Å²) in [6.07, 6.45) is 1.64. The molecule has 17 heavy (non-hydrogen) atoms. The molecule has 0 fully saturated rings. The molecule has 1 aromatic carbocycles. The third-order valence-electron chi connectivity index (χ3n) is 2.34. The number of hydrogen-bond acceptors (Lipinski definition) is 5. The van der Waals surface area contributed by atoms with E-state index in [2.05, 4.69) is 10.3 Å². The normalized spacial score (nSPS) is 10.3. The Labute approximate surface area is 98.4 Å². The van der Waals surface area contributed by atoms with Crippen molar-refractivity contribution in [1.82, 2.24) is 15.0 Å². The fourth-order valence-corrected chi connectivity index (χ4v) is 1.46. The molecular formula is C11H13N3O3. The molecule has 0 unspecified atom stereocenters. The maximum atomic E-state index is 8.94. The van der Waals surface area contributed by atoms with Gasteiger partial charge in [0.2, 0.25) is 0 Å². The van der Waals surface area contributed by atoms with Crippen molar-refractivity contribution in [2.24, 2.45) is 0 Å². The second-order valence-corrected chi connectivity index (χ2v) is 3.35. The van der Waals surface area contributed by atoms with Crippen LogP contribution < -0.4 is 9.47 Å². The Hall–Kier alpha value is -2.08. The van der Waals surface area contributed by atoms with Gasteiger partial charge >= 0.3 is 0 Å². The van der Waals surface area contributed by atoms with Crippen LogP contribution in [0.3, 0.4) is 0 Å². The van der Waals surface area contributed by atoms with Crippen LogP contribution in [0.5, 0.6) is 11.5 Å². The van der Waals surface area contributed by atoms with Gasteiger partial charge in [0.25, 0.3) is 0 Å². The summed E-state index contributed by atoms with van der Waals surface area (Å²) in [5.41, 5.74) is 1.24. The van der Waals surface area contributed by atoms with Gasteiger partial charge in [0.15, 0.2) is 0 Å². The lowest BCUT2D eigenvalue weighted by Gasteiger charge is -2.09. The molecular weight excluding hydrogens is 222 g/mol. The van der Waals surface area contributed by atoms with Crippen LogP contribution in [0.4, 0.5) is 0 Å². The Bertz CT molecular complexity index is 510. The van der Waals surface area contributed by atoms with E-state index in [1.54, 1.807) is 37.2 Å². The topological polar surface area (TPSA) is 69.4 Å². The van der Waals surface area contributed by atoms with Crippen LogP contribution in [0.2, 0.25) is 0 Å². The van der Waals surface area contributed by atoms with Gasteiger partial charge in [-0.1, -0.05) is 5.21 Å². The maximum absolute atomic E-state index is 8.94. The van der Waals surface area contributed by atoms with Crippen LogP contribution >= 0.6 is 0 Å². The van der Waals surface area contributed by atoms with E-state index in [0.29, 0.717) is 17.2 Å². The second-order valence-electron chi connectivity index (χ2n) is 3.35. The molecule has 0 spiro atoms. The lowest BCUT2D eigenvalue weighted by molar-refractivity contribution is 0.276. The van der Waals surface area contributed by atoms with Crippen molar-refractivity contribution in [3.8, 4) is 17.2 Å². The number of benzene rings is 1. The smallest absolute Gasteiger partial charge is 0.148 e. The summed E-state index contributed by atoms with van der Waals surface area (Å²) in [4.78, 5) is 0. The van der Waals surface area contributed by atoms with Crippen molar-refractivity contribution in [2.75, 3.05) is 14.2 Å². The summed E-state index contributed by atoms with van der Waals surface area (Å²) < 4.78 is 11.9. The monoisotopic (exact) mass is 235 g/mol. The zero-order chi connectivity index (χ0) is 12.3. The van der Waals surface area contributed by atoms with Gasteiger partial charge in [0.1, 0.15) is 22.9 Å². The molecule has 6 nitrogen and oxygen atoms in total. The van der Waals surface area contributed by atoms with Crippen LogP contribution in [0, 0.1) is 0 Å². The molecule has 1 aromatic heterocycles. The average molecular weight is 235 g/mol. The number of methoxy groups -OCH3 is 2. The highest BCUT2D eigenvalue weighted by atomic mass is 16.5. The summed E-state index contributed by atoms with van der Waals surface area (Å²) in [6.45, 7) is -0.140. The lowest BCUT2D eigenvalue weighted by Crippen LogP contribution is -1.99. The Morgan fingerprint density at radius 2 is 2.12 bits per heavy atom. The molecule has 0 bridgehead atoms. The molecule has 0 saturated carbocycles. The number of ether oxygens (including phenoxy) is 2. The van der Waals surface area contributed by atoms with Gasteiger partial charge < -0.3 is 14.6 Å². The number of rotatable bonds is 4. The molecule has 0 aliphatic heterocycles. The van der Waals surface area contributed by atoms with Crippen LogP contribution in [-0.4, -0.2) is 34.3 Å². The molecule has 0 radical (unpaired) electrons. The van der Waals surface area contributed by atoms with E-state index in [0.717, 1.165) is 5.69 Å². The molecule has 6 heteroatoms. The summed E-state index contributed by atoms with van der Waals surface area (Å²) >= 11 is 0.